The largest absolute Gasteiger partial charge is 0.297 e. The second-order valence-electron chi connectivity index (χ2n) is 2.39. The summed E-state index contributed by atoms with van der Waals surface area (Å²) < 4.78 is 22.9. The van der Waals surface area contributed by atoms with Crippen molar-refractivity contribution in [2.45, 2.75) is 32.6 Å². The van der Waals surface area contributed by atoms with Gasteiger partial charge in [0.1, 0.15) is 0 Å². The second-order valence-corrected chi connectivity index (χ2v) is 4.78. The summed E-state index contributed by atoms with van der Waals surface area (Å²) in [7, 11) is 1.42. The zero-order valence-electron chi connectivity index (χ0n) is 6.64. The molecular formula is C6H14ClNO2S. The summed E-state index contributed by atoms with van der Waals surface area (Å²) in [5, 5.41) is 0. The van der Waals surface area contributed by atoms with Crippen molar-refractivity contribution < 1.29 is 8.42 Å². The highest BCUT2D eigenvalue weighted by molar-refractivity contribution is 8.12. The molecule has 0 heterocycles. The molecule has 0 aromatic heterocycles. The van der Waals surface area contributed by atoms with Crippen LogP contribution in [0.1, 0.15) is 32.6 Å². The Labute approximate surface area is 72.7 Å². The first-order chi connectivity index (χ1) is 5.06. The Morgan fingerprint density at radius 1 is 1.27 bits per heavy atom. The molecule has 0 aliphatic rings. The highest BCUT2D eigenvalue weighted by Crippen LogP contribution is 1.98. The molecule has 0 rings (SSSR count). The zero-order chi connectivity index (χ0) is 8.74. The Balaban J connectivity index is 3.16. The minimum atomic E-state index is -3.49. The van der Waals surface area contributed by atoms with Crippen LogP contribution in [0.25, 0.3) is 0 Å². The molecule has 11 heavy (non-hydrogen) atoms. The molecule has 0 fully saturated rings. The molecule has 0 saturated carbocycles. The topological polar surface area (TPSA) is 46.2 Å². The average Bonchev–Trinajstić information content (AvgIpc) is 1.85. The van der Waals surface area contributed by atoms with E-state index in [1.54, 1.807) is 0 Å². The van der Waals surface area contributed by atoms with Crippen molar-refractivity contribution in [3.63, 3.8) is 0 Å². The monoisotopic (exact) mass is 199 g/mol. The molecule has 0 aliphatic carbocycles. The lowest BCUT2D eigenvalue weighted by molar-refractivity contribution is 0.587. The summed E-state index contributed by atoms with van der Waals surface area (Å²) in [6.07, 6.45) is 4.20. The summed E-state index contributed by atoms with van der Waals surface area (Å²) in [4.78, 5) is 0. The maximum Gasteiger partial charge on any atom is 0.297 e. The molecule has 0 radical (unpaired) electrons. The van der Waals surface area contributed by atoms with Gasteiger partial charge < -0.3 is 0 Å². The normalized spacial score (nSPS) is 11.8. The van der Waals surface area contributed by atoms with Gasteiger partial charge in [-0.2, -0.15) is 8.42 Å². The van der Waals surface area contributed by atoms with Crippen molar-refractivity contribution in [2.75, 3.05) is 6.54 Å². The van der Waals surface area contributed by atoms with E-state index >= 15 is 0 Å². The molecule has 0 saturated heterocycles. The Hall–Kier alpha value is 0.200. The van der Waals surface area contributed by atoms with Crippen LogP contribution < -0.4 is 4.72 Å². The van der Waals surface area contributed by atoms with E-state index < -0.39 is 9.24 Å². The molecule has 1 N–H and O–H groups in total. The lowest BCUT2D eigenvalue weighted by Gasteiger charge is -1.98. The summed E-state index contributed by atoms with van der Waals surface area (Å²) in [5.41, 5.74) is 0. The Morgan fingerprint density at radius 2 is 1.91 bits per heavy atom. The number of hydrogen-bond acceptors (Lipinski definition) is 2. The van der Waals surface area contributed by atoms with Gasteiger partial charge in [-0.3, -0.25) is 0 Å². The fourth-order valence-corrected chi connectivity index (χ4v) is 1.37. The van der Waals surface area contributed by atoms with Gasteiger partial charge in [-0.1, -0.05) is 26.2 Å². The van der Waals surface area contributed by atoms with Crippen LogP contribution in [-0.2, 0) is 9.24 Å². The lowest BCUT2D eigenvalue weighted by Crippen LogP contribution is -2.19. The van der Waals surface area contributed by atoms with Crippen LogP contribution in [0, 0.1) is 0 Å². The standard InChI is InChI=1S/C6H14ClNO2S/c1-2-3-4-5-6-8-11(7,9)10/h8H,2-6H2,1H3. The minimum absolute atomic E-state index is 0.450. The van der Waals surface area contributed by atoms with Gasteiger partial charge in [0.2, 0.25) is 0 Å². The molecule has 0 atom stereocenters. The first-order valence-electron chi connectivity index (χ1n) is 3.75. The van der Waals surface area contributed by atoms with E-state index in [9.17, 15) is 8.42 Å². The summed E-state index contributed by atoms with van der Waals surface area (Å²) >= 11 is 0. The Bertz CT molecular complexity index is 179. The molecule has 5 heteroatoms. The fourth-order valence-electron chi connectivity index (χ4n) is 0.746. The van der Waals surface area contributed by atoms with E-state index in [1.807, 2.05) is 0 Å². The number of rotatable bonds is 6. The molecule has 0 bridgehead atoms. The molecule has 0 aromatic rings. The van der Waals surface area contributed by atoms with Gasteiger partial charge >= 0.3 is 0 Å². The molecule has 0 amide bonds. The quantitative estimate of drug-likeness (QED) is 0.522. The smallest absolute Gasteiger partial charge is 0.202 e. The first kappa shape index (κ1) is 11.2. The summed E-state index contributed by atoms with van der Waals surface area (Å²) in [6.45, 7) is 2.55. The van der Waals surface area contributed by atoms with Gasteiger partial charge in [0.25, 0.3) is 9.24 Å². The predicted molar refractivity (Wildman–Crippen MR) is 46.9 cm³/mol. The van der Waals surface area contributed by atoms with Crippen LogP contribution in [0.15, 0.2) is 0 Å². The van der Waals surface area contributed by atoms with Crippen molar-refractivity contribution in [1.82, 2.24) is 4.72 Å². The molecule has 0 aromatic carbocycles. The third-order valence-electron chi connectivity index (χ3n) is 1.30. The fraction of sp³-hybridized carbons (Fsp3) is 1.00. The van der Waals surface area contributed by atoms with Crippen molar-refractivity contribution in [3.05, 3.63) is 0 Å². The van der Waals surface area contributed by atoms with E-state index in [0.717, 1.165) is 25.7 Å². The third-order valence-corrected chi connectivity index (χ3v) is 2.18. The highest BCUT2D eigenvalue weighted by Gasteiger charge is 2.00. The van der Waals surface area contributed by atoms with Crippen LogP contribution in [0.4, 0.5) is 0 Å². The Kier molecular flexibility index (Phi) is 5.91. The van der Waals surface area contributed by atoms with Crippen LogP contribution >= 0.6 is 10.7 Å². The molecule has 0 spiro atoms. The van der Waals surface area contributed by atoms with Gasteiger partial charge in [-0.25, -0.2) is 4.72 Å². The van der Waals surface area contributed by atoms with E-state index in [0.29, 0.717) is 6.54 Å². The van der Waals surface area contributed by atoms with Gasteiger partial charge in [0.15, 0.2) is 0 Å². The summed E-state index contributed by atoms with van der Waals surface area (Å²) in [6, 6.07) is 0. The van der Waals surface area contributed by atoms with E-state index in [4.69, 9.17) is 10.7 Å². The van der Waals surface area contributed by atoms with Crippen LogP contribution in [-0.4, -0.2) is 15.0 Å². The van der Waals surface area contributed by atoms with Gasteiger partial charge in [-0.15, -0.1) is 0 Å². The SMILES string of the molecule is CCCCCCNS(=O)(=O)Cl. The maximum atomic E-state index is 10.3. The predicted octanol–water partition coefficient (Wildman–Crippen LogP) is 1.64. The average molecular weight is 200 g/mol. The summed E-state index contributed by atoms with van der Waals surface area (Å²) in [5.74, 6) is 0. The number of unbranched alkanes of at least 4 members (excludes halogenated alkanes) is 3. The third kappa shape index (κ3) is 10.2. The number of hydrogen-bond donors (Lipinski definition) is 1. The van der Waals surface area contributed by atoms with E-state index in [1.165, 1.54) is 0 Å². The lowest BCUT2D eigenvalue weighted by atomic mass is 10.2. The number of halogens is 1. The number of nitrogens with one attached hydrogen (secondary N) is 1. The van der Waals surface area contributed by atoms with Gasteiger partial charge in [0.05, 0.1) is 0 Å². The van der Waals surface area contributed by atoms with E-state index in [-0.39, 0.29) is 0 Å². The van der Waals surface area contributed by atoms with E-state index in [2.05, 4.69) is 11.6 Å². The second kappa shape index (κ2) is 5.80. The first-order valence-corrected chi connectivity index (χ1v) is 6.06. The highest BCUT2D eigenvalue weighted by atomic mass is 35.7. The van der Waals surface area contributed by atoms with Crippen LogP contribution in [0.2, 0.25) is 0 Å². The van der Waals surface area contributed by atoms with Crippen molar-refractivity contribution in [3.8, 4) is 0 Å². The molecular weight excluding hydrogens is 186 g/mol. The van der Waals surface area contributed by atoms with Crippen molar-refractivity contribution >= 4 is 19.9 Å². The van der Waals surface area contributed by atoms with Crippen LogP contribution in [0.5, 0.6) is 0 Å². The molecule has 3 nitrogen and oxygen atoms in total. The van der Waals surface area contributed by atoms with Crippen molar-refractivity contribution in [2.24, 2.45) is 0 Å². The van der Waals surface area contributed by atoms with Crippen LogP contribution in [0.3, 0.4) is 0 Å². The van der Waals surface area contributed by atoms with Gasteiger partial charge in [-0.05, 0) is 6.42 Å². The molecule has 0 unspecified atom stereocenters. The van der Waals surface area contributed by atoms with Crippen molar-refractivity contribution in [1.29, 1.82) is 0 Å². The maximum absolute atomic E-state index is 10.3. The zero-order valence-corrected chi connectivity index (χ0v) is 8.21. The Morgan fingerprint density at radius 3 is 2.36 bits per heavy atom. The van der Waals surface area contributed by atoms with Gasteiger partial charge in [0, 0.05) is 17.2 Å². The molecule has 0 aliphatic heterocycles. The molecule has 68 valence electrons. The minimum Gasteiger partial charge on any atom is -0.202 e.